The standard InChI is InChI=1S/C19H21NO3/c1-13(2)23-16-7-5-15(6-8-16)18(21)10-11-20-17-12-14(3)4-9-19(17)22/h4-13,20,22H,1-3H3. The zero-order valence-corrected chi connectivity index (χ0v) is 13.5. The van der Waals surface area contributed by atoms with Gasteiger partial charge in [-0.1, -0.05) is 6.07 Å². The Balaban J connectivity index is 1.99. The number of carbonyl (C=O) groups excluding carboxylic acids is 1. The molecule has 0 aliphatic rings. The summed E-state index contributed by atoms with van der Waals surface area (Å²) in [4.78, 5) is 12.1. The Bertz CT molecular complexity index is 703. The first kappa shape index (κ1) is 16.6. The van der Waals surface area contributed by atoms with Crippen LogP contribution in [0.25, 0.3) is 0 Å². The first-order chi connectivity index (χ1) is 11.0. The minimum absolute atomic E-state index is 0.0997. The summed E-state index contributed by atoms with van der Waals surface area (Å²) < 4.78 is 5.54. The SMILES string of the molecule is Cc1ccc(O)c(NC=CC(=O)c2ccc(OC(C)C)cc2)c1. The molecule has 0 aliphatic carbocycles. The molecule has 4 heteroatoms. The highest BCUT2D eigenvalue weighted by Gasteiger charge is 2.04. The van der Waals surface area contributed by atoms with Crippen molar-refractivity contribution in [2.24, 2.45) is 0 Å². The second-order valence-electron chi connectivity index (χ2n) is 5.55. The smallest absolute Gasteiger partial charge is 0.187 e. The van der Waals surface area contributed by atoms with E-state index in [2.05, 4.69) is 5.32 Å². The van der Waals surface area contributed by atoms with Crippen molar-refractivity contribution in [1.82, 2.24) is 0 Å². The van der Waals surface area contributed by atoms with Crippen molar-refractivity contribution in [3.05, 3.63) is 65.9 Å². The van der Waals surface area contributed by atoms with Gasteiger partial charge in [0.15, 0.2) is 5.78 Å². The third-order valence-electron chi connectivity index (χ3n) is 3.14. The average molecular weight is 311 g/mol. The number of rotatable bonds is 6. The van der Waals surface area contributed by atoms with Crippen LogP contribution < -0.4 is 10.1 Å². The molecule has 0 heterocycles. The highest BCUT2D eigenvalue weighted by Crippen LogP contribution is 2.23. The zero-order valence-electron chi connectivity index (χ0n) is 13.5. The van der Waals surface area contributed by atoms with Gasteiger partial charge >= 0.3 is 0 Å². The largest absolute Gasteiger partial charge is 0.506 e. The lowest BCUT2D eigenvalue weighted by molar-refractivity contribution is 0.104. The molecule has 0 amide bonds. The molecule has 0 aromatic heterocycles. The van der Waals surface area contributed by atoms with Gasteiger partial charge in [0.25, 0.3) is 0 Å². The molecule has 0 unspecified atom stereocenters. The highest BCUT2D eigenvalue weighted by molar-refractivity contribution is 6.04. The first-order valence-corrected chi connectivity index (χ1v) is 7.49. The number of hydrogen-bond donors (Lipinski definition) is 2. The number of ether oxygens (including phenoxy) is 1. The van der Waals surface area contributed by atoms with Crippen LogP contribution in [0.5, 0.6) is 11.5 Å². The topological polar surface area (TPSA) is 58.6 Å². The molecule has 0 fully saturated rings. The van der Waals surface area contributed by atoms with Gasteiger partial charge in [0.1, 0.15) is 11.5 Å². The van der Waals surface area contributed by atoms with Crippen LogP contribution in [0.1, 0.15) is 29.8 Å². The summed E-state index contributed by atoms with van der Waals surface area (Å²) in [5.41, 5.74) is 2.16. The second kappa shape index (κ2) is 7.49. The Morgan fingerprint density at radius 3 is 2.52 bits per heavy atom. The summed E-state index contributed by atoms with van der Waals surface area (Å²) in [7, 11) is 0. The quantitative estimate of drug-likeness (QED) is 0.474. The Hall–Kier alpha value is -2.75. The summed E-state index contributed by atoms with van der Waals surface area (Å²) in [6, 6.07) is 12.3. The molecule has 2 rings (SSSR count). The second-order valence-corrected chi connectivity index (χ2v) is 5.55. The molecule has 120 valence electrons. The summed E-state index contributed by atoms with van der Waals surface area (Å²) in [5, 5.41) is 12.6. The number of hydrogen-bond acceptors (Lipinski definition) is 4. The lowest BCUT2D eigenvalue weighted by Crippen LogP contribution is -2.05. The minimum Gasteiger partial charge on any atom is -0.506 e. The number of carbonyl (C=O) groups is 1. The van der Waals surface area contributed by atoms with E-state index in [1.54, 1.807) is 30.3 Å². The molecule has 23 heavy (non-hydrogen) atoms. The maximum absolute atomic E-state index is 12.1. The van der Waals surface area contributed by atoms with E-state index in [1.807, 2.05) is 32.9 Å². The van der Waals surface area contributed by atoms with Gasteiger partial charge in [-0.25, -0.2) is 0 Å². The van der Waals surface area contributed by atoms with Gasteiger partial charge in [-0.05, 0) is 62.7 Å². The fourth-order valence-corrected chi connectivity index (χ4v) is 2.04. The molecule has 2 aromatic carbocycles. The Kier molecular flexibility index (Phi) is 5.41. The number of phenolic OH excluding ortho intramolecular Hbond substituents is 1. The van der Waals surface area contributed by atoms with Crippen LogP contribution in [-0.4, -0.2) is 17.0 Å². The van der Waals surface area contributed by atoms with E-state index in [1.165, 1.54) is 12.3 Å². The molecule has 0 bridgehead atoms. The Morgan fingerprint density at radius 1 is 1.17 bits per heavy atom. The van der Waals surface area contributed by atoms with E-state index in [9.17, 15) is 9.90 Å². The number of nitrogens with one attached hydrogen (secondary N) is 1. The monoisotopic (exact) mass is 311 g/mol. The average Bonchev–Trinajstić information content (AvgIpc) is 2.50. The first-order valence-electron chi connectivity index (χ1n) is 7.49. The highest BCUT2D eigenvalue weighted by atomic mass is 16.5. The number of aryl methyl sites for hydroxylation is 1. The van der Waals surface area contributed by atoms with Crippen molar-refractivity contribution in [2.75, 3.05) is 5.32 Å². The summed E-state index contributed by atoms with van der Waals surface area (Å²) in [5.74, 6) is 0.756. The number of aromatic hydroxyl groups is 1. The van der Waals surface area contributed by atoms with Crippen molar-refractivity contribution in [3.63, 3.8) is 0 Å². The zero-order chi connectivity index (χ0) is 16.8. The maximum Gasteiger partial charge on any atom is 0.187 e. The molecular formula is C19H21NO3. The van der Waals surface area contributed by atoms with Gasteiger partial charge in [-0.2, -0.15) is 0 Å². The van der Waals surface area contributed by atoms with Crippen molar-refractivity contribution < 1.29 is 14.6 Å². The van der Waals surface area contributed by atoms with Crippen LogP contribution in [0.15, 0.2) is 54.7 Å². The van der Waals surface area contributed by atoms with Crippen LogP contribution >= 0.6 is 0 Å². The molecule has 0 aliphatic heterocycles. The minimum atomic E-state index is -0.124. The van der Waals surface area contributed by atoms with E-state index in [4.69, 9.17) is 4.74 Å². The normalized spacial score (nSPS) is 11.0. The van der Waals surface area contributed by atoms with Crippen LogP contribution in [0.3, 0.4) is 0 Å². The fraction of sp³-hybridized carbons (Fsp3) is 0.211. The summed E-state index contributed by atoms with van der Waals surface area (Å²) >= 11 is 0. The fourth-order valence-electron chi connectivity index (χ4n) is 2.04. The molecular weight excluding hydrogens is 290 g/mol. The third-order valence-corrected chi connectivity index (χ3v) is 3.14. The predicted molar refractivity (Wildman–Crippen MR) is 92.1 cm³/mol. The van der Waals surface area contributed by atoms with Crippen molar-refractivity contribution in [3.8, 4) is 11.5 Å². The van der Waals surface area contributed by atoms with E-state index in [0.29, 0.717) is 11.3 Å². The lowest BCUT2D eigenvalue weighted by atomic mass is 10.1. The van der Waals surface area contributed by atoms with Gasteiger partial charge in [-0.15, -0.1) is 0 Å². The number of anilines is 1. The third kappa shape index (κ3) is 4.88. The number of allylic oxidation sites excluding steroid dienone is 1. The molecule has 4 nitrogen and oxygen atoms in total. The van der Waals surface area contributed by atoms with E-state index in [-0.39, 0.29) is 17.6 Å². The summed E-state index contributed by atoms with van der Waals surface area (Å²) in [6.07, 6.45) is 3.05. The van der Waals surface area contributed by atoms with Crippen LogP contribution in [-0.2, 0) is 0 Å². The molecule has 2 N–H and O–H groups in total. The van der Waals surface area contributed by atoms with Crippen LogP contribution in [0.2, 0.25) is 0 Å². The Morgan fingerprint density at radius 2 is 1.87 bits per heavy atom. The molecule has 0 radical (unpaired) electrons. The number of ketones is 1. The van der Waals surface area contributed by atoms with E-state index in [0.717, 1.165) is 11.3 Å². The van der Waals surface area contributed by atoms with Crippen LogP contribution in [0, 0.1) is 6.92 Å². The van der Waals surface area contributed by atoms with Crippen molar-refractivity contribution in [2.45, 2.75) is 26.9 Å². The molecule has 0 saturated carbocycles. The van der Waals surface area contributed by atoms with E-state index >= 15 is 0 Å². The predicted octanol–water partition coefficient (Wildman–Crippen LogP) is 4.30. The van der Waals surface area contributed by atoms with Gasteiger partial charge in [-0.3, -0.25) is 4.79 Å². The molecule has 2 aromatic rings. The van der Waals surface area contributed by atoms with Crippen LogP contribution in [0.4, 0.5) is 5.69 Å². The molecule has 0 saturated heterocycles. The number of benzene rings is 2. The Labute approximate surface area is 136 Å². The molecule has 0 spiro atoms. The lowest BCUT2D eigenvalue weighted by Gasteiger charge is -2.09. The van der Waals surface area contributed by atoms with Gasteiger partial charge in [0, 0.05) is 17.8 Å². The van der Waals surface area contributed by atoms with Gasteiger partial charge in [0.2, 0.25) is 0 Å². The van der Waals surface area contributed by atoms with Gasteiger partial charge < -0.3 is 15.2 Å². The maximum atomic E-state index is 12.1. The van der Waals surface area contributed by atoms with E-state index < -0.39 is 0 Å². The number of phenols is 1. The van der Waals surface area contributed by atoms with Gasteiger partial charge in [0.05, 0.1) is 11.8 Å². The van der Waals surface area contributed by atoms with Crippen molar-refractivity contribution >= 4 is 11.5 Å². The van der Waals surface area contributed by atoms with Crippen molar-refractivity contribution in [1.29, 1.82) is 0 Å². The summed E-state index contributed by atoms with van der Waals surface area (Å²) in [6.45, 7) is 5.84. The molecule has 0 atom stereocenters.